The van der Waals surface area contributed by atoms with Crippen LogP contribution in [0.5, 0.6) is 0 Å². The van der Waals surface area contributed by atoms with Gasteiger partial charge in [0.15, 0.2) is 11.6 Å². The lowest BCUT2D eigenvalue weighted by Gasteiger charge is -2.45. The van der Waals surface area contributed by atoms with Crippen molar-refractivity contribution >= 4 is 17.6 Å². The summed E-state index contributed by atoms with van der Waals surface area (Å²) in [7, 11) is 0. The van der Waals surface area contributed by atoms with Gasteiger partial charge in [0.1, 0.15) is 11.4 Å². The molecule has 0 bridgehead atoms. The van der Waals surface area contributed by atoms with E-state index in [1.165, 1.54) is 6.20 Å². The number of nitrogens with two attached hydrogens (primary N) is 1. The number of aliphatic carboxylic acids is 1. The zero-order valence-corrected chi connectivity index (χ0v) is 17.7. The Kier molecular flexibility index (Phi) is 6.59. The molecule has 0 amide bonds. The van der Waals surface area contributed by atoms with Crippen molar-refractivity contribution in [1.29, 1.82) is 0 Å². The maximum Gasteiger partial charge on any atom is 0.340 e. The number of carboxylic acids is 1. The molecule has 1 fully saturated rings. The molecule has 0 aromatic carbocycles. The number of hydrogen-bond acceptors (Lipinski definition) is 8. The van der Waals surface area contributed by atoms with Gasteiger partial charge in [0.25, 0.3) is 0 Å². The van der Waals surface area contributed by atoms with Gasteiger partial charge in [0, 0.05) is 45.1 Å². The molecule has 1 aliphatic carbocycles. The average molecular weight is 445 g/mol. The SMILES string of the molecule is NC1=C(F)C(NCCNC2=NCCC=C2)=CC2C1C(=O)C(C(=O)O)=CN2C1CCOCC1. The molecule has 32 heavy (non-hydrogen) atoms. The maximum atomic E-state index is 15.1. The molecule has 2 atom stereocenters. The fourth-order valence-electron chi connectivity index (χ4n) is 4.48. The molecular formula is C22H28FN5O4. The van der Waals surface area contributed by atoms with E-state index in [0.29, 0.717) is 39.1 Å². The maximum absolute atomic E-state index is 15.1. The van der Waals surface area contributed by atoms with E-state index in [2.05, 4.69) is 15.6 Å². The van der Waals surface area contributed by atoms with Gasteiger partial charge >= 0.3 is 5.97 Å². The molecule has 0 spiro atoms. The summed E-state index contributed by atoms with van der Waals surface area (Å²) in [5, 5.41) is 15.8. The number of carbonyl (C=O) groups excluding carboxylic acids is 1. The monoisotopic (exact) mass is 445 g/mol. The fraction of sp³-hybridized carbons (Fsp3) is 0.500. The second-order valence-corrected chi connectivity index (χ2v) is 8.13. The van der Waals surface area contributed by atoms with Crippen LogP contribution in [0.2, 0.25) is 0 Å². The van der Waals surface area contributed by atoms with Crippen LogP contribution < -0.4 is 16.4 Å². The van der Waals surface area contributed by atoms with E-state index in [1.807, 2.05) is 17.1 Å². The Labute approximate surface area is 185 Å². The van der Waals surface area contributed by atoms with Crippen LogP contribution >= 0.6 is 0 Å². The minimum atomic E-state index is -1.34. The molecule has 0 aromatic rings. The Balaban J connectivity index is 1.54. The number of hydrogen-bond donors (Lipinski definition) is 4. The third kappa shape index (κ3) is 4.40. The highest BCUT2D eigenvalue weighted by Crippen LogP contribution is 2.38. The molecule has 0 aromatic heterocycles. The quantitative estimate of drug-likeness (QED) is 0.345. The third-order valence-electron chi connectivity index (χ3n) is 6.12. The molecule has 1 saturated heterocycles. The summed E-state index contributed by atoms with van der Waals surface area (Å²) in [5.41, 5.74) is 5.68. The predicted octanol–water partition coefficient (Wildman–Crippen LogP) is 0.578. The number of carboxylic acid groups (broad SMARTS) is 1. The normalized spacial score (nSPS) is 26.2. The van der Waals surface area contributed by atoms with Crippen LogP contribution in [0.15, 0.2) is 52.2 Å². The number of rotatable bonds is 6. The molecule has 4 rings (SSSR count). The number of nitrogens with zero attached hydrogens (tertiary/aromatic N) is 2. The highest BCUT2D eigenvalue weighted by atomic mass is 19.1. The van der Waals surface area contributed by atoms with Gasteiger partial charge in [-0.3, -0.25) is 9.79 Å². The largest absolute Gasteiger partial charge is 0.478 e. The highest BCUT2D eigenvalue weighted by Gasteiger charge is 2.46. The summed E-state index contributed by atoms with van der Waals surface area (Å²) in [5.74, 6) is -3.00. The van der Waals surface area contributed by atoms with E-state index in [9.17, 15) is 14.7 Å². The number of allylic oxidation sites excluding steroid dienone is 1. The lowest BCUT2D eigenvalue weighted by atomic mass is 9.79. The second kappa shape index (κ2) is 9.56. The van der Waals surface area contributed by atoms with Crippen LogP contribution in [0.4, 0.5) is 4.39 Å². The van der Waals surface area contributed by atoms with Crippen LogP contribution in [-0.2, 0) is 14.3 Å². The second-order valence-electron chi connectivity index (χ2n) is 8.13. The summed E-state index contributed by atoms with van der Waals surface area (Å²) < 4.78 is 20.5. The molecule has 172 valence electrons. The molecule has 0 radical (unpaired) electrons. The van der Waals surface area contributed by atoms with Gasteiger partial charge in [-0.05, 0) is 31.4 Å². The minimum Gasteiger partial charge on any atom is -0.478 e. The highest BCUT2D eigenvalue weighted by molar-refractivity contribution is 6.19. The number of ether oxygens (including phenoxy) is 1. The van der Waals surface area contributed by atoms with Crippen molar-refractivity contribution in [3.63, 3.8) is 0 Å². The number of carbonyl (C=O) groups is 2. The van der Waals surface area contributed by atoms with Crippen LogP contribution in [0.3, 0.4) is 0 Å². The Bertz CT molecular complexity index is 933. The van der Waals surface area contributed by atoms with Gasteiger partial charge in [-0.25, -0.2) is 9.18 Å². The summed E-state index contributed by atoms with van der Waals surface area (Å²) in [6, 6.07) is -0.586. The molecule has 4 aliphatic rings. The van der Waals surface area contributed by atoms with Crippen molar-refractivity contribution in [2.45, 2.75) is 31.3 Å². The van der Waals surface area contributed by atoms with Crippen molar-refractivity contribution < 1.29 is 23.8 Å². The lowest BCUT2D eigenvalue weighted by Crippen LogP contribution is -2.54. The van der Waals surface area contributed by atoms with E-state index < -0.39 is 29.5 Å². The number of dihydropyridines is 1. The molecule has 10 heteroatoms. The number of amidine groups is 1. The Morgan fingerprint density at radius 3 is 2.75 bits per heavy atom. The van der Waals surface area contributed by atoms with E-state index >= 15 is 4.39 Å². The average Bonchev–Trinajstić information content (AvgIpc) is 2.80. The summed E-state index contributed by atoms with van der Waals surface area (Å²) in [4.78, 5) is 30.7. The van der Waals surface area contributed by atoms with E-state index in [-0.39, 0.29) is 23.0 Å². The molecular weight excluding hydrogens is 417 g/mol. The first-order valence-corrected chi connectivity index (χ1v) is 10.9. The Morgan fingerprint density at radius 2 is 2.06 bits per heavy atom. The van der Waals surface area contributed by atoms with E-state index in [0.717, 1.165) is 18.8 Å². The van der Waals surface area contributed by atoms with Crippen molar-refractivity contribution in [3.05, 3.63) is 47.2 Å². The standard InChI is InChI=1S/C22H28FN5O4/c23-19-15(25-7-8-27-17-3-1-2-6-26-17)11-16-18(20(19)24)21(29)14(22(30)31)12-28(16)13-4-9-32-10-5-13/h1,3,11-13,16,18,25H,2,4-10,24H2,(H,26,27)(H,30,31). The van der Waals surface area contributed by atoms with Crippen molar-refractivity contribution in [1.82, 2.24) is 15.5 Å². The zero-order valence-electron chi connectivity index (χ0n) is 17.7. The van der Waals surface area contributed by atoms with Gasteiger partial charge < -0.3 is 31.1 Å². The molecule has 3 heterocycles. The van der Waals surface area contributed by atoms with E-state index in [1.54, 1.807) is 6.08 Å². The van der Waals surface area contributed by atoms with Gasteiger partial charge in [-0.15, -0.1) is 0 Å². The van der Waals surface area contributed by atoms with Gasteiger partial charge in [-0.1, -0.05) is 6.08 Å². The number of nitrogens with one attached hydrogen (secondary N) is 2. The minimum absolute atomic E-state index is 0.0251. The summed E-state index contributed by atoms with van der Waals surface area (Å²) in [6.07, 6.45) is 9.29. The van der Waals surface area contributed by atoms with E-state index in [4.69, 9.17) is 10.5 Å². The first-order chi connectivity index (χ1) is 15.5. The van der Waals surface area contributed by atoms with Gasteiger partial charge in [-0.2, -0.15) is 0 Å². The van der Waals surface area contributed by atoms with Gasteiger partial charge in [0.2, 0.25) is 0 Å². The smallest absolute Gasteiger partial charge is 0.340 e. The first-order valence-electron chi connectivity index (χ1n) is 10.9. The fourth-order valence-corrected chi connectivity index (χ4v) is 4.48. The Morgan fingerprint density at radius 1 is 1.31 bits per heavy atom. The van der Waals surface area contributed by atoms with Crippen LogP contribution in [-0.4, -0.2) is 72.5 Å². The number of Topliss-reactive ketones (excluding diaryl/α,β-unsaturated/α-hetero) is 1. The first kappa shape index (κ1) is 22.1. The molecule has 9 nitrogen and oxygen atoms in total. The van der Waals surface area contributed by atoms with Crippen LogP contribution in [0.25, 0.3) is 0 Å². The van der Waals surface area contributed by atoms with Crippen LogP contribution in [0.1, 0.15) is 19.3 Å². The molecule has 2 unspecified atom stereocenters. The Hall–Kier alpha value is -3.14. The van der Waals surface area contributed by atoms with Crippen molar-refractivity contribution in [2.24, 2.45) is 16.6 Å². The number of aliphatic imine (C=N–C) groups is 1. The molecule has 5 N–H and O–H groups in total. The predicted molar refractivity (Wildman–Crippen MR) is 116 cm³/mol. The van der Waals surface area contributed by atoms with Crippen molar-refractivity contribution in [2.75, 3.05) is 32.8 Å². The number of fused-ring (bicyclic) bond motifs is 1. The van der Waals surface area contributed by atoms with Crippen LogP contribution in [0, 0.1) is 5.92 Å². The number of ketones is 1. The topological polar surface area (TPSA) is 129 Å². The molecule has 3 aliphatic heterocycles. The lowest BCUT2D eigenvalue weighted by molar-refractivity contribution is -0.136. The zero-order chi connectivity index (χ0) is 22.7. The number of halogens is 1. The summed E-state index contributed by atoms with van der Waals surface area (Å²) in [6.45, 7) is 2.77. The van der Waals surface area contributed by atoms with Gasteiger partial charge in [0.05, 0.1) is 23.4 Å². The molecule has 0 saturated carbocycles. The van der Waals surface area contributed by atoms with Crippen molar-refractivity contribution in [3.8, 4) is 0 Å². The third-order valence-corrected chi connectivity index (χ3v) is 6.12. The summed E-state index contributed by atoms with van der Waals surface area (Å²) >= 11 is 0.